The number of aryl methyl sites for hydroxylation is 1. The van der Waals surface area contributed by atoms with E-state index in [9.17, 15) is 4.79 Å². The van der Waals surface area contributed by atoms with Crippen LogP contribution in [-0.4, -0.2) is 53.1 Å². The van der Waals surface area contributed by atoms with Crippen LogP contribution < -0.4 is 9.64 Å². The van der Waals surface area contributed by atoms with Crippen molar-refractivity contribution in [1.82, 2.24) is 14.9 Å². The molecule has 0 aliphatic carbocycles. The quantitative estimate of drug-likeness (QED) is 0.838. The van der Waals surface area contributed by atoms with Crippen molar-refractivity contribution in [2.24, 2.45) is 0 Å². The number of hydrogen-bond donors (Lipinski definition) is 0. The molecule has 1 aromatic heterocycles. The zero-order valence-corrected chi connectivity index (χ0v) is 15.1. The summed E-state index contributed by atoms with van der Waals surface area (Å²) in [5.41, 5.74) is 1.04. The van der Waals surface area contributed by atoms with E-state index in [0.29, 0.717) is 42.9 Å². The fourth-order valence-electron chi connectivity index (χ4n) is 2.78. The zero-order chi connectivity index (χ0) is 17.8. The molecule has 2 aromatic rings. The second-order valence-corrected chi connectivity index (χ2v) is 6.46. The Morgan fingerprint density at radius 2 is 1.88 bits per heavy atom. The summed E-state index contributed by atoms with van der Waals surface area (Å²) in [6.07, 6.45) is 2.86. The van der Waals surface area contributed by atoms with Crippen molar-refractivity contribution in [3.05, 3.63) is 47.2 Å². The van der Waals surface area contributed by atoms with E-state index in [4.69, 9.17) is 16.3 Å². The molecule has 25 heavy (non-hydrogen) atoms. The van der Waals surface area contributed by atoms with Crippen molar-refractivity contribution < 1.29 is 9.53 Å². The highest BCUT2D eigenvalue weighted by molar-refractivity contribution is 6.32. The third kappa shape index (κ3) is 4.20. The van der Waals surface area contributed by atoms with E-state index >= 15 is 0 Å². The molecule has 0 N–H and O–H groups in total. The fourth-order valence-corrected chi connectivity index (χ4v) is 2.94. The number of piperazine rings is 1. The maximum absolute atomic E-state index is 12.6. The number of amides is 1. The van der Waals surface area contributed by atoms with Crippen LogP contribution in [0.2, 0.25) is 5.02 Å². The first kappa shape index (κ1) is 17.5. The lowest BCUT2D eigenvalue weighted by molar-refractivity contribution is -0.138. The van der Waals surface area contributed by atoms with Gasteiger partial charge < -0.3 is 14.5 Å². The molecule has 1 aromatic carbocycles. The molecule has 0 radical (unpaired) electrons. The predicted molar refractivity (Wildman–Crippen MR) is 97.1 cm³/mol. The third-order valence-electron chi connectivity index (χ3n) is 4.16. The molecule has 6 nitrogen and oxygen atoms in total. The molecular weight excluding hydrogens is 340 g/mol. The molecule has 1 aliphatic heterocycles. The lowest BCUT2D eigenvalue weighted by Crippen LogP contribution is -2.52. The van der Waals surface area contributed by atoms with E-state index in [1.54, 1.807) is 31.5 Å². The minimum absolute atomic E-state index is 0.0359. The summed E-state index contributed by atoms with van der Waals surface area (Å²) in [6, 6.07) is 7.32. The molecule has 3 rings (SSSR count). The van der Waals surface area contributed by atoms with E-state index in [-0.39, 0.29) is 5.91 Å². The third-order valence-corrected chi connectivity index (χ3v) is 4.48. The second kappa shape index (κ2) is 7.70. The van der Waals surface area contributed by atoms with Crippen molar-refractivity contribution in [3.8, 4) is 5.75 Å². The standard InChI is InChI=1S/C18H21ClN4O2/c1-13-4-5-15(19)16(12-13)25-14(2)17(24)22-8-10-23(11-9-22)18-20-6-3-7-21-18/h3-7,12,14H,8-11H2,1-2H3/t14-/m1/s1. The number of nitrogens with zero attached hydrogens (tertiary/aromatic N) is 4. The van der Waals surface area contributed by atoms with Gasteiger partial charge in [-0.3, -0.25) is 4.79 Å². The van der Waals surface area contributed by atoms with Crippen LogP contribution in [0, 0.1) is 6.92 Å². The van der Waals surface area contributed by atoms with Gasteiger partial charge in [0.05, 0.1) is 5.02 Å². The number of carbonyl (C=O) groups is 1. The Labute approximate surface area is 152 Å². The largest absolute Gasteiger partial charge is 0.479 e. The zero-order valence-electron chi connectivity index (χ0n) is 14.4. The normalized spacial score (nSPS) is 15.8. The number of aromatic nitrogens is 2. The number of anilines is 1. The molecule has 0 unspecified atom stereocenters. The lowest BCUT2D eigenvalue weighted by atomic mass is 10.2. The van der Waals surface area contributed by atoms with Gasteiger partial charge in [0, 0.05) is 38.6 Å². The minimum atomic E-state index is -0.584. The maximum atomic E-state index is 12.6. The minimum Gasteiger partial charge on any atom is -0.479 e. The summed E-state index contributed by atoms with van der Waals surface area (Å²) in [4.78, 5) is 25.0. The molecule has 1 amide bonds. The molecule has 1 atom stereocenters. The summed E-state index contributed by atoms with van der Waals surface area (Å²) < 4.78 is 5.79. The average molecular weight is 361 g/mol. The molecule has 0 saturated carbocycles. The van der Waals surface area contributed by atoms with Gasteiger partial charge in [-0.15, -0.1) is 0 Å². The van der Waals surface area contributed by atoms with Gasteiger partial charge in [0.1, 0.15) is 5.75 Å². The first-order valence-corrected chi connectivity index (χ1v) is 8.66. The highest BCUT2D eigenvalue weighted by atomic mass is 35.5. The van der Waals surface area contributed by atoms with Crippen molar-refractivity contribution >= 4 is 23.5 Å². The van der Waals surface area contributed by atoms with Crippen LogP contribution in [0.25, 0.3) is 0 Å². The van der Waals surface area contributed by atoms with E-state index in [1.165, 1.54) is 0 Å². The highest BCUT2D eigenvalue weighted by Crippen LogP contribution is 2.26. The van der Waals surface area contributed by atoms with Crippen LogP contribution in [0.4, 0.5) is 5.95 Å². The number of rotatable bonds is 4. The smallest absolute Gasteiger partial charge is 0.263 e. The van der Waals surface area contributed by atoms with Gasteiger partial charge in [-0.1, -0.05) is 17.7 Å². The summed E-state index contributed by atoms with van der Waals surface area (Å²) in [5, 5.41) is 0.510. The number of hydrogen-bond acceptors (Lipinski definition) is 5. The lowest BCUT2D eigenvalue weighted by Gasteiger charge is -2.35. The first-order chi connectivity index (χ1) is 12.0. The van der Waals surface area contributed by atoms with Gasteiger partial charge in [0.2, 0.25) is 5.95 Å². The SMILES string of the molecule is Cc1ccc(Cl)c(O[C@H](C)C(=O)N2CCN(c3ncccn3)CC2)c1. The van der Waals surface area contributed by atoms with E-state index in [1.807, 2.05) is 24.0 Å². The summed E-state index contributed by atoms with van der Waals surface area (Å²) in [7, 11) is 0. The van der Waals surface area contributed by atoms with E-state index in [0.717, 1.165) is 5.56 Å². The van der Waals surface area contributed by atoms with Gasteiger partial charge in [0.25, 0.3) is 5.91 Å². The van der Waals surface area contributed by atoms with Crippen LogP contribution in [0.15, 0.2) is 36.7 Å². The fraction of sp³-hybridized carbons (Fsp3) is 0.389. The van der Waals surface area contributed by atoms with Crippen molar-refractivity contribution in [2.75, 3.05) is 31.1 Å². The first-order valence-electron chi connectivity index (χ1n) is 8.28. The number of ether oxygens (including phenoxy) is 1. The Morgan fingerprint density at radius 1 is 1.20 bits per heavy atom. The van der Waals surface area contributed by atoms with Crippen LogP contribution in [-0.2, 0) is 4.79 Å². The predicted octanol–water partition coefficient (Wildman–Crippen LogP) is 2.55. The Kier molecular flexibility index (Phi) is 5.38. The molecular formula is C18H21ClN4O2. The van der Waals surface area contributed by atoms with Crippen LogP contribution in [0.5, 0.6) is 5.75 Å². The molecule has 132 valence electrons. The molecule has 1 aliphatic rings. The van der Waals surface area contributed by atoms with Crippen molar-refractivity contribution in [2.45, 2.75) is 20.0 Å². The molecule has 0 spiro atoms. The second-order valence-electron chi connectivity index (χ2n) is 6.06. The summed E-state index contributed by atoms with van der Waals surface area (Å²) in [5.74, 6) is 1.20. The Balaban J connectivity index is 1.57. The molecule has 7 heteroatoms. The van der Waals surface area contributed by atoms with Crippen molar-refractivity contribution in [3.63, 3.8) is 0 Å². The van der Waals surface area contributed by atoms with Crippen LogP contribution >= 0.6 is 11.6 Å². The number of halogens is 1. The van der Waals surface area contributed by atoms with Crippen molar-refractivity contribution in [1.29, 1.82) is 0 Å². The van der Waals surface area contributed by atoms with Gasteiger partial charge in [-0.2, -0.15) is 0 Å². The monoisotopic (exact) mass is 360 g/mol. The summed E-state index contributed by atoms with van der Waals surface area (Å²) >= 11 is 6.15. The number of benzene rings is 1. The van der Waals surface area contributed by atoms with Crippen LogP contribution in [0.3, 0.4) is 0 Å². The number of carbonyl (C=O) groups excluding carboxylic acids is 1. The Bertz CT molecular complexity index is 733. The Hall–Kier alpha value is -2.34. The summed E-state index contributed by atoms with van der Waals surface area (Å²) in [6.45, 7) is 6.36. The van der Waals surface area contributed by atoms with Gasteiger partial charge in [-0.25, -0.2) is 9.97 Å². The Morgan fingerprint density at radius 3 is 2.56 bits per heavy atom. The van der Waals surface area contributed by atoms with Gasteiger partial charge in [0.15, 0.2) is 6.10 Å². The van der Waals surface area contributed by atoms with Gasteiger partial charge >= 0.3 is 0 Å². The molecule has 1 fully saturated rings. The van der Waals surface area contributed by atoms with Crippen LogP contribution in [0.1, 0.15) is 12.5 Å². The maximum Gasteiger partial charge on any atom is 0.263 e. The highest BCUT2D eigenvalue weighted by Gasteiger charge is 2.27. The molecule has 2 heterocycles. The van der Waals surface area contributed by atoms with E-state index in [2.05, 4.69) is 14.9 Å². The topological polar surface area (TPSA) is 58.6 Å². The molecule has 1 saturated heterocycles. The average Bonchev–Trinajstić information content (AvgIpc) is 2.65. The van der Waals surface area contributed by atoms with E-state index < -0.39 is 6.10 Å². The molecule has 0 bridgehead atoms. The van der Waals surface area contributed by atoms with Gasteiger partial charge in [-0.05, 0) is 37.6 Å².